The standard InChI is InChI=1S/C22H28N4O3/c1-16-12-18(25-9-7-24(2)8-10-25)5-6-20(16)23-22(28)17-13-21(27)26(14-17)15-19-4-3-11-29-19/h3-6,11-12,17H,7-10,13-15H2,1-2H3,(H,23,28). The summed E-state index contributed by atoms with van der Waals surface area (Å²) in [6.45, 7) is 6.98. The summed E-state index contributed by atoms with van der Waals surface area (Å²) < 4.78 is 5.32. The summed E-state index contributed by atoms with van der Waals surface area (Å²) in [5.74, 6) is 0.281. The third-order valence-corrected chi connectivity index (χ3v) is 5.85. The maximum atomic E-state index is 12.8. The summed E-state index contributed by atoms with van der Waals surface area (Å²) in [7, 11) is 2.14. The van der Waals surface area contributed by atoms with Gasteiger partial charge in [-0.25, -0.2) is 0 Å². The first kappa shape index (κ1) is 19.5. The van der Waals surface area contributed by atoms with Crippen molar-refractivity contribution in [2.45, 2.75) is 19.9 Å². The molecule has 2 saturated heterocycles. The maximum Gasteiger partial charge on any atom is 0.229 e. The minimum absolute atomic E-state index is 0.0105. The van der Waals surface area contributed by atoms with Crippen molar-refractivity contribution in [2.24, 2.45) is 5.92 Å². The SMILES string of the molecule is Cc1cc(N2CCN(C)CC2)ccc1NC(=O)C1CC(=O)N(Cc2ccco2)C1. The van der Waals surface area contributed by atoms with Crippen LogP contribution in [-0.2, 0) is 16.1 Å². The number of rotatable bonds is 5. The Labute approximate surface area is 171 Å². The number of likely N-dealkylation sites (N-methyl/N-ethyl adjacent to an activating group) is 1. The van der Waals surface area contributed by atoms with Crippen molar-refractivity contribution >= 4 is 23.2 Å². The Hall–Kier alpha value is -2.80. The first-order chi connectivity index (χ1) is 14.0. The number of nitrogens with zero attached hydrogens (tertiary/aromatic N) is 3. The van der Waals surface area contributed by atoms with Crippen LogP contribution in [0.5, 0.6) is 0 Å². The van der Waals surface area contributed by atoms with Crippen molar-refractivity contribution < 1.29 is 14.0 Å². The average molecular weight is 396 g/mol. The molecule has 154 valence electrons. The first-order valence-corrected chi connectivity index (χ1v) is 10.1. The van der Waals surface area contributed by atoms with Gasteiger partial charge in [-0.15, -0.1) is 0 Å². The lowest BCUT2D eigenvalue weighted by Crippen LogP contribution is -2.44. The number of anilines is 2. The molecule has 1 atom stereocenters. The van der Waals surface area contributed by atoms with Gasteiger partial charge in [0.25, 0.3) is 0 Å². The molecule has 0 bridgehead atoms. The number of hydrogen-bond donors (Lipinski definition) is 1. The molecule has 7 nitrogen and oxygen atoms in total. The molecule has 0 spiro atoms. The molecule has 4 rings (SSSR count). The van der Waals surface area contributed by atoms with Gasteiger partial charge in [0.15, 0.2) is 0 Å². The van der Waals surface area contributed by atoms with Gasteiger partial charge in [0.1, 0.15) is 5.76 Å². The number of benzene rings is 1. The van der Waals surface area contributed by atoms with Crippen LogP contribution in [0.3, 0.4) is 0 Å². The van der Waals surface area contributed by atoms with E-state index in [1.54, 1.807) is 17.2 Å². The predicted molar refractivity (Wildman–Crippen MR) is 112 cm³/mol. The van der Waals surface area contributed by atoms with Gasteiger partial charge < -0.3 is 24.4 Å². The fourth-order valence-electron chi connectivity index (χ4n) is 3.98. The van der Waals surface area contributed by atoms with E-state index in [-0.39, 0.29) is 24.2 Å². The minimum atomic E-state index is -0.339. The van der Waals surface area contributed by atoms with Crippen LogP contribution in [0.1, 0.15) is 17.7 Å². The molecule has 1 N–H and O–H groups in total. The summed E-state index contributed by atoms with van der Waals surface area (Å²) >= 11 is 0. The number of carbonyl (C=O) groups excluding carboxylic acids is 2. The summed E-state index contributed by atoms with van der Waals surface area (Å²) in [6, 6.07) is 9.81. The van der Waals surface area contributed by atoms with Crippen molar-refractivity contribution in [3.63, 3.8) is 0 Å². The zero-order chi connectivity index (χ0) is 20.4. The Balaban J connectivity index is 1.36. The topological polar surface area (TPSA) is 69.0 Å². The lowest BCUT2D eigenvalue weighted by Gasteiger charge is -2.34. The minimum Gasteiger partial charge on any atom is -0.467 e. The fourth-order valence-corrected chi connectivity index (χ4v) is 3.98. The average Bonchev–Trinajstić information content (AvgIpc) is 3.34. The highest BCUT2D eigenvalue weighted by molar-refractivity contribution is 5.97. The lowest BCUT2D eigenvalue weighted by atomic mass is 10.1. The highest BCUT2D eigenvalue weighted by Gasteiger charge is 2.34. The molecule has 2 aliphatic rings. The Morgan fingerprint density at radius 1 is 1.21 bits per heavy atom. The zero-order valence-electron chi connectivity index (χ0n) is 17.1. The first-order valence-electron chi connectivity index (χ1n) is 10.1. The van der Waals surface area contributed by atoms with E-state index < -0.39 is 0 Å². The van der Waals surface area contributed by atoms with Crippen molar-refractivity contribution in [1.82, 2.24) is 9.80 Å². The summed E-state index contributed by atoms with van der Waals surface area (Å²) in [6.07, 6.45) is 1.83. The molecular weight excluding hydrogens is 368 g/mol. The second-order valence-electron chi connectivity index (χ2n) is 8.03. The quantitative estimate of drug-likeness (QED) is 0.840. The fraction of sp³-hybridized carbons (Fsp3) is 0.455. The number of nitrogens with one attached hydrogen (secondary N) is 1. The van der Waals surface area contributed by atoms with Crippen molar-refractivity contribution in [1.29, 1.82) is 0 Å². The smallest absolute Gasteiger partial charge is 0.229 e. The Kier molecular flexibility index (Phi) is 5.58. The van der Waals surface area contributed by atoms with Gasteiger partial charge in [-0.1, -0.05) is 0 Å². The highest BCUT2D eigenvalue weighted by atomic mass is 16.3. The van der Waals surface area contributed by atoms with Gasteiger partial charge in [0.2, 0.25) is 11.8 Å². The van der Waals surface area contributed by atoms with Gasteiger partial charge in [0.05, 0.1) is 18.7 Å². The van der Waals surface area contributed by atoms with E-state index in [4.69, 9.17) is 4.42 Å². The van der Waals surface area contributed by atoms with Gasteiger partial charge in [0, 0.05) is 50.5 Å². The van der Waals surface area contributed by atoms with E-state index >= 15 is 0 Å². The van der Waals surface area contributed by atoms with Crippen LogP contribution in [0, 0.1) is 12.8 Å². The molecule has 29 heavy (non-hydrogen) atoms. The second kappa shape index (κ2) is 8.29. The van der Waals surface area contributed by atoms with Crippen LogP contribution in [0.15, 0.2) is 41.0 Å². The molecule has 2 aliphatic heterocycles. The van der Waals surface area contributed by atoms with Gasteiger partial charge >= 0.3 is 0 Å². The molecule has 0 radical (unpaired) electrons. The number of aryl methyl sites for hydroxylation is 1. The predicted octanol–water partition coefficient (Wildman–Crippen LogP) is 2.33. The van der Waals surface area contributed by atoms with E-state index in [0.29, 0.717) is 13.1 Å². The molecule has 0 saturated carbocycles. The maximum absolute atomic E-state index is 12.8. The molecule has 7 heteroatoms. The van der Waals surface area contributed by atoms with Crippen LogP contribution in [0.2, 0.25) is 0 Å². The van der Waals surface area contributed by atoms with Gasteiger partial charge in [-0.3, -0.25) is 9.59 Å². The van der Waals surface area contributed by atoms with Crippen LogP contribution < -0.4 is 10.2 Å². The van der Waals surface area contributed by atoms with E-state index in [9.17, 15) is 9.59 Å². The molecule has 1 aromatic heterocycles. The van der Waals surface area contributed by atoms with Gasteiger partial charge in [-0.05, 0) is 49.9 Å². The third-order valence-electron chi connectivity index (χ3n) is 5.85. The van der Waals surface area contributed by atoms with Crippen molar-refractivity contribution in [3.05, 3.63) is 47.9 Å². The Bertz CT molecular complexity index is 872. The second-order valence-corrected chi connectivity index (χ2v) is 8.03. The molecule has 3 heterocycles. The molecule has 1 aromatic carbocycles. The molecule has 0 aliphatic carbocycles. The molecular formula is C22H28N4O3. The summed E-state index contributed by atoms with van der Waals surface area (Å²) in [5, 5.41) is 3.02. The number of carbonyl (C=O) groups is 2. The highest BCUT2D eigenvalue weighted by Crippen LogP contribution is 2.26. The largest absolute Gasteiger partial charge is 0.467 e. The van der Waals surface area contributed by atoms with Crippen LogP contribution in [0.4, 0.5) is 11.4 Å². The lowest BCUT2D eigenvalue weighted by molar-refractivity contribution is -0.128. The van der Waals surface area contributed by atoms with Crippen LogP contribution in [-0.4, -0.2) is 61.4 Å². The number of amides is 2. The van der Waals surface area contributed by atoms with E-state index in [1.165, 1.54) is 5.69 Å². The summed E-state index contributed by atoms with van der Waals surface area (Å²) in [4.78, 5) is 31.4. The van der Waals surface area contributed by atoms with Crippen LogP contribution in [0.25, 0.3) is 0 Å². The number of hydrogen-bond acceptors (Lipinski definition) is 5. The number of furan rings is 1. The van der Waals surface area contributed by atoms with Crippen molar-refractivity contribution in [3.8, 4) is 0 Å². The monoisotopic (exact) mass is 396 g/mol. The van der Waals surface area contributed by atoms with E-state index in [1.807, 2.05) is 19.1 Å². The summed E-state index contributed by atoms with van der Waals surface area (Å²) in [5.41, 5.74) is 3.03. The van der Waals surface area contributed by atoms with E-state index in [2.05, 4.69) is 34.3 Å². The molecule has 2 amide bonds. The Morgan fingerprint density at radius 3 is 2.69 bits per heavy atom. The zero-order valence-corrected chi connectivity index (χ0v) is 17.1. The molecule has 2 aromatic rings. The molecule has 1 unspecified atom stereocenters. The number of piperazine rings is 1. The normalized spacial score (nSPS) is 20.3. The van der Waals surface area contributed by atoms with E-state index in [0.717, 1.165) is 43.2 Å². The number of likely N-dealkylation sites (tertiary alicyclic amines) is 1. The third kappa shape index (κ3) is 4.45. The van der Waals surface area contributed by atoms with Crippen LogP contribution >= 0.6 is 0 Å². The van der Waals surface area contributed by atoms with Gasteiger partial charge in [-0.2, -0.15) is 0 Å². The Morgan fingerprint density at radius 2 is 2.00 bits per heavy atom. The molecule has 2 fully saturated rings. The van der Waals surface area contributed by atoms with Crippen molar-refractivity contribution in [2.75, 3.05) is 50.0 Å².